The second-order valence-electron chi connectivity index (χ2n) is 4.51. The lowest BCUT2D eigenvalue weighted by Gasteiger charge is -2.38. The van der Waals surface area contributed by atoms with Crippen molar-refractivity contribution in [2.45, 2.75) is 38.6 Å². The highest BCUT2D eigenvalue weighted by Gasteiger charge is 2.32. The van der Waals surface area contributed by atoms with Gasteiger partial charge in [0.25, 0.3) is 0 Å². The number of aromatic nitrogens is 2. The normalized spacial score (nSPS) is 18.3. The number of aryl methyl sites for hydroxylation is 2. The highest BCUT2D eigenvalue weighted by Crippen LogP contribution is 2.28. The number of hydrogen-bond donors (Lipinski definition) is 2. The molecule has 0 bridgehead atoms. The summed E-state index contributed by atoms with van der Waals surface area (Å²) in [5, 5.41) is 3.29. The smallest absolute Gasteiger partial charge is 0.129 e. The van der Waals surface area contributed by atoms with Gasteiger partial charge in [0.15, 0.2) is 0 Å². The quantitative estimate of drug-likeness (QED) is 0.784. The number of rotatable bonds is 3. The molecule has 0 saturated heterocycles. The van der Waals surface area contributed by atoms with Crippen LogP contribution in [0.15, 0.2) is 6.07 Å². The Hall–Kier alpha value is -1.16. The third-order valence-electron chi connectivity index (χ3n) is 2.94. The Morgan fingerprint density at radius 3 is 2.67 bits per heavy atom. The summed E-state index contributed by atoms with van der Waals surface area (Å²) in [6.45, 7) is 4.68. The topological polar surface area (TPSA) is 63.8 Å². The molecule has 0 unspecified atom stereocenters. The van der Waals surface area contributed by atoms with Gasteiger partial charge < -0.3 is 11.1 Å². The number of nitrogens with one attached hydrogen (secondary N) is 1. The van der Waals surface area contributed by atoms with E-state index in [9.17, 15) is 0 Å². The van der Waals surface area contributed by atoms with E-state index >= 15 is 0 Å². The maximum absolute atomic E-state index is 6.12. The van der Waals surface area contributed by atoms with E-state index < -0.39 is 0 Å². The fourth-order valence-electron chi connectivity index (χ4n) is 1.88. The molecule has 0 radical (unpaired) electrons. The van der Waals surface area contributed by atoms with Crippen LogP contribution in [0.4, 0.5) is 5.82 Å². The third-order valence-corrected chi connectivity index (χ3v) is 2.94. The minimum atomic E-state index is -0.00718. The van der Waals surface area contributed by atoms with Crippen LogP contribution in [0.3, 0.4) is 0 Å². The molecule has 1 heterocycles. The Kier molecular flexibility index (Phi) is 2.61. The highest BCUT2D eigenvalue weighted by atomic mass is 15.1. The summed E-state index contributed by atoms with van der Waals surface area (Å²) >= 11 is 0. The Bertz CT molecular complexity index is 337. The Morgan fingerprint density at radius 1 is 1.40 bits per heavy atom. The third kappa shape index (κ3) is 2.45. The van der Waals surface area contributed by atoms with Crippen LogP contribution in [-0.4, -0.2) is 22.1 Å². The molecule has 4 heteroatoms. The number of hydrogen-bond acceptors (Lipinski definition) is 4. The van der Waals surface area contributed by atoms with Crippen molar-refractivity contribution >= 4 is 5.82 Å². The molecule has 0 spiro atoms. The van der Waals surface area contributed by atoms with Gasteiger partial charge in [-0.05, 0) is 33.1 Å². The molecule has 0 atom stereocenters. The van der Waals surface area contributed by atoms with E-state index in [2.05, 4.69) is 15.3 Å². The molecule has 1 aromatic heterocycles. The summed E-state index contributed by atoms with van der Waals surface area (Å²) in [4.78, 5) is 8.55. The molecule has 0 aliphatic heterocycles. The van der Waals surface area contributed by atoms with Crippen LogP contribution in [0.25, 0.3) is 0 Å². The monoisotopic (exact) mass is 206 g/mol. The first-order chi connectivity index (χ1) is 7.07. The van der Waals surface area contributed by atoms with Gasteiger partial charge in [-0.1, -0.05) is 0 Å². The maximum atomic E-state index is 6.12. The molecular formula is C11H18N4. The Labute approximate surface area is 90.3 Å². The molecule has 1 fully saturated rings. The Balaban J connectivity index is 1.98. The van der Waals surface area contributed by atoms with E-state index in [0.717, 1.165) is 36.7 Å². The lowest BCUT2D eigenvalue weighted by Crippen LogP contribution is -2.52. The fourth-order valence-corrected chi connectivity index (χ4v) is 1.88. The number of nitrogens with two attached hydrogens (primary N) is 1. The molecule has 1 aromatic rings. The molecule has 0 aromatic carbocycles. The molecular weight excluding hydrogens is 188 g/mol. The van der Waals surface area contributed by atoms with E-state index in [0.29, 0.717) is 0 Å². The first-order valence-electron chi connectivity index (χ1n) is 5.42. The average molecular weight is 206 g/mol. The van der Waals surface area contributed by atoms with E-state index in [4.69, 9.17) is 5.73 Å². The predicted molar refractivity (Wildman–Crippen MR) is 60.8 cm³/mol. The van der Waals surface area contributed by atoms with Crippen molar-refractivity contribution in [3.8, 4) is 0 Å². The van der Waals surface area contributed by atoms with Crippen LogP contribution in [0, 0.1) is 13.8 Å². The van der Waals surface area contributed by atoms with Gasteiger partial charge >= 0.3 is 0 Å². The van der Waals surface area contributed by atoms with Crippen molar-refractivity contribution in [2.75, 3.05) is 11.9 Å². The van der Waals surface area contributed by atoms with Crippen molar-refractivity contribution in [3.05, 3.63) is 17.6 Å². The van der Waals surface area contributed by atoms with Crippen LogP contribution in [-0.2, 0) is 0 Å². The number of anilines is 1. The summed E-state index contributed by atoms with van der Waals surface area (Å²) in [6.07, 6.45) is 3.48. The summed E-state index contributed by atoms with van der Waals surface area (Å²) in [6, 6.07) is 1.95. The van der Waals surface area contributed by atoms with Gasteiger partial charge in [-0.2, -0.15) is 0 Å². The molecule has 15 heavy (non-hydrogen) atoms. The van der Waals surface area contributed by atoms with Crippen molar-refractivity contribution in [1.82, 2.24) is 9.97 Å². The summed E-state index contributed by atoms with van der Waals surface area (Å²) in [5.41, 5.74) is 7.10. The van der Waals surface area contributed by atoms with E-state index in [-0.39, 0.29) is 5.54 Å². The van der Waals surface area contributed by atoms with Crippen LogP contribution < -0.4 is 11.1 Å². The second kappa shape index (κ2) is 3.77. The van der Waals surface area contributed by atoms with Crippen molar-refractivity contribution in [2.24, 2.45) is 5.73 Å². The predicted octanol–water partition coefficient (Wildman–Crippen LogP) is 1.39. The fraction of sp³-hybridized carbons (Fsp3) is 0.636. The average Bonchev–Trinajstić information content (AvgIpc) is 2.10. The molecule has 1 saturated carbocycles. The van der Waals surface area contributed by atoms with Gasteiger partial charge in [-0.25, -0.2) is 9.97 Å². The first kappa shape index (κ1) is 10.4. The van der Waals surface area contributed by atoms with Crippen LogP contribution in [0.1, 0.15) is 30.8 Å². The first-order valence-corrected chi connectivity index (χ1v) is 5.42. The zero-order valence-corrected chi connectivity index (χ0v) is 9.38. The Morgan fingerprint density at radius 2 is 2.13 bits per heavy atom. The van der Waals surface area contributed by atoms with Crippen LogP contribution in [0.5, 0.6) is 0 Å². The van der Waals surface area contributed by atoms with Gasteiger partial charge in [-0.3, -0.25) is 0 Å². The minimum absolute atomic E-state index is 0.00718. The molecule has 4 nitrogen and oxygen atoms in total. The van der Waals surface area contributed by atoms with Crippen molar-refractivity contribution < 1.29 is 0 Å². The molecule has 82 valence electrons. The summed E-state index contributed by atoms with van der Waals surface area (Å²) < 4.78 is 0. The molecule has 1 aliphatic carbocycles. The van der Waals surface area contributed by atoms with E-state index in [1.807, 2.05) is 19.9 Å². The molecule has 1 aliphatic rings. The summed E-state index contributed by atoms with van der Waals surface area (Å²) in [7, 11) is 0. The van der Waals surface area contributed by atoms with Gasteiger partial charge in [0, 0.05) is 23.8 Å². The zero-order chi connectivity index (χ0) is 10.9. The van der Waals surface area contributed by atoms with E-state index in [1.165, 1.54) is 6.42 Å². The van der Waals surface area contributed by atoms with Gasteiger partial charge in [0.05, 0.1) is 0 Å². The van der Waals surface area contributed by atoms with E-state index in [1.54, 1.807) is 0 Å². The lowest BCUT2D eigenvalue weighted by atomic mass is 9.78. The lowest BCUT2D eigenvalue weighted by molar-refractivity contribution is 0.265. The molecule has 2 rings (SSSR count). The number of nitrogens with zero attached hydrogens (tertiary/aromatic N) is 2. The summed E-state index contributed by atoms with van der Waals surface area (Å²) in [5.74, 6) is 1.69. The minimum Gasteiger partial charge on any atom is -0.368 e. The van der Waals surface area contributed by atoms with Crippen LogP contribution in [0.2, 0.25) is 0 Å². The SMILES string of the molecule is Cc1cc(NCC2(N)CCC2)nc(C)n1. The van der Waals surface area contributed by atoms with Gasteiger partial charge in [-0.15, -0.1) is 0 Å². The molecule has 3 N–H and O–H groups in total. The largest absolute Gasteiger partial charge is 0.368 e. The zero-order valence-electron chi connectivity index (χ0n) is 9.38. The van der Waals surface area contributed by atoms with Gasteiger partial charge in [0.2, 0.25) is 0 Å². The van der Waals surface area contributed by atoms with Crippen molar-refractivity contribution in [1.29, 1.82) is 0 Å². The van der Waals surface area contributed by atoms with Crippen molar-refractivity contribution in [3.63, 3.8) is 0 Å². The second-order valence-corrected chi connectivity index (χ2v) is 4.51. The standard InChI is InChI=1S/C11H18N4/c1-8-6-10(15-9(2)14-8)13-7-11(12)4-3-5-11/h6H,3-5,7,12H2,1-2H3,(H,13,14,15). The van der Waals surface area contributed by atoms with Gasteiger partial charge in [0.1, 0.15) is 11.6 Å². The highest BCUT2D eigenvalue weighted by molar-refractivity contribution is 5.36. The molecule has 0 amide bonds. The maximum Gasteiger partial charge on any atom is 0.129 e. The van der Waals surface area contributed by atoms with Crippen LogP contribution >= 0.6 is 0 Å².